The van der Waals surface area contributed by atoms with Gasteiger partial charge in [-0.1, -0.05) is 30.2 Å². The summed E-state index contributed by atoms with van der Waals surface area (Å²) in [6.07, 6.45) is 11.7. The molecule has 0 radical (unpaired) electrons. The van der Waals surface area contributed by atoms with E-state index >= 15 is 0 Å². The minimum atomic E-state index is 0.360. The van der Waals surface area contributed by atoms with Crippen molar-refractivity contribution in [2.24, 2.45) is 11.7 Å². The molecule has 2 atom stereocenters. The van der Waals surface area contributed by atoms with Crippen LogP contribution in [0.1, 0.15) is 25.7 Å². The third kappa shape index (κ3) is 1.25. The Morgan fingerprint density at radius 1 is 1.36 bits per heavy atom. The van der Waals surface area contributed by atoms with Crippen molar-refractivity contribution in [1.82, 2.24) is 0 Å². The van der Waals surface area contributed by atoms with Crippen LogP contribution in [0.5, 0.6) is 0 Å². The number of hydrogen-bond acceptors (Lipinski definition) is 1. The third-order valence-electron chi connectivity index (χ3n) is 2.81. The van der Waals surface area contributed by atoms with Crippen LogP contribution >= 0.6 is 0 Å². The fourth-order valence-corrected chi connectivity index (χ4v) is 2.16. The van der Waals surface area contributed by atoms with Gasteiger partial charge in [0.15, 0.2) is 0 Å². The zero-order chi connectivity index (χ0) is 7.68. The fourth-order valence-electron chi connectivity index (χ4n) is 2.16. The molecule has 0 aliphatic heterocycles. The van der Waals surface area contributed by atoms with Crippen LogP contribution in [0.25, 0.3) is 0 Å². The molecular formula is C10H15N. The number of hydrogen-bond donors (Lipinski definition) is 1. The highest BCUT2D eigenvalue weighted by Crippen LogP contribution is 2.33. The third-order valence-corrected chi connectivity index (χ3v) is 2.81. The van der Waals surface area contributed by atoms with Gasteiger partial charge in [0.2, 0.25) is 0 Å². The van der Waals surface area contributed by atoms with E-state index < -0.39 is 0 Å². The van der Waals surface area contributed by atoms with Crippen molar-refractivity contribution in [2.75, 3.05) is 0 Å². The highest BCUT2D eigenvalue weighted by Gasteiger charge is 2.24. The number of nitrogens with two attached hydrogens (primary N) is 1. The van der Waals surface area contributed by atoms with Crippen molar-refractivity contribution in [3.05, 3.63) is 23.8 Å². The quantitative estimate of drug-likeness (QED) is 0.560. The summed E-state index contributed by atoms with van der Waals surface area (Å²) in [5, 5.41) is 0. The van der Waals surface area contributed by atoms with Gasteiger partial charge in [-0.05, 0) is 25.2 Å². The Morgan fingerprint density at radius 2 is 2.27 bits per heavy atom. The van der Waals surface area contributed by atoms with Gasteiger partial charge in [-0.25, -0.2) is 0 Å². The second-order valence-corrected chi connectivity index (χ2v) is 3.56. The Kier molecular flexibility index (Phi) is 1.82. The maximum atomic E-state index is 5.99. The molecule has 60 valence electrons. The van der Waals surface area contributed by atoms with Crippen LogP contribution < -0.4 is 5.73 Å². The van der Waals surface area contributed by atoms with Crippen LogP contribution in [-0.4, -0.2) is 6.04 Å². The molecule has 2 aliphatic carbocycles. The van der Waals surface area contributed by atoms with Gasteiger partial charge in [0.1, 0.15) is 0 Å². The Morgan fingerprint density at radius 3 is 3.09 bits per heavy atom. The van der Waals surface area contributed by atoms with Gasteiger partial charge in [-0.2, -0.15) is 0 Å². The van der Waals surface area contributed by atoms with Gasteiger partial charge in [0.25, 0.3) is 0 Å². The van der Waals surface area contributed by atoms with E-state index in [1.807, 2.05) is 0 Å². The molecule has 0 heterocycles. The molecule has 2 aliphatic rings. The summed E-state index contributed by atoms with van der Waals surface area (Å²) in [6, 6.07) is 0.360. The van der Waals surface area contributed by atoms with E-state index in [2.05, 4.69) is 18.2 Å². The summed E-state index contributed by atoms with van der Waals surface area (Å²) in [5.41, 5.74) is 7.49. The van der Waals surface area contributed by atoms with E-state index in [1.165, 1.54) is 31.3 Å². The summed E-state index contributed by atoms with van der Waals surface area (Å²) in [4.78, 5) is 0. The van der Waals surface area contributed by atoms with Crippen LogP contribution in [0.3, 0.4) is 0 Å². The summed E-state index contributed by atoms with van der Waals surface area (Å²) >= 11 is 0. The first-order valence-corrected chi connectivity index (χ1v) is 4.50. The predicted octanol–water partition coefficient (Wildman–Crippen LogP) is 2.00. The standard InChI is InChI=1S/C10H15N/c11-10-7-3-5-8-4-1-2-6-9(8)10/h1-2,6,8,10H,3-5,7,11H2. The van der Waals surface area contributed by atoms with Crippen LogP contribution in [0.4, 0.5) is 0 Å². The number of fused-ring (bicyclic) bond motifs is 1. The summed E-state index contributed by atoms with van der Waals surface area (Å²) in [7, 11) is 0. The Balaban J connectivity index is 2.20. The van der Waals surface area contributed by atoms with Crippen LogP contribution in [0.2, 0.25) is 0 Å². The van der Waals surface area contributed by atoms with E-state index in [-0.39, 0.29) is 0 Å². The molecule has 0 aromatic heterocycles. The van der Waals surface area contributed by atoms with Gasteiger partial charge in [0, 0.05) is 6.04 Å². The Hall–Kier alpha value is -0.560. The molecular weight excluding hydrogens is 134 g/mol. The zero-order valence-corrected chi connectivity index (χ0v) is 6.79. The number of allylic oxidation sites excluding steroid dienone is 3. The first-order chi connectivity index (χ1) is 5.38. The maximum Gasteiger partial charge on any atom is 0.0259 e. The topological polar surface area (TPSA) is 26.0 Å². The van der Waals surface area contributed by atoms with Gasteiger partial charge in [0.05, 0.1) is 0 Å². The van der Waals surface area contributed by atoms with Crippen molar-refractivity contribution in [2.45, 2.75) is 31.7 Å². The molecule has 11 heavy (non-hydrogen) atoms. The predicted molar refractivity (Wildman–Crippen MR) is 47.2 cm³/mol. The van der Waals surface area contributed by atoms with Crippen LogP contribution in [-0.2, 0) is 0 Å². The minimum Gasteiger partial charge on any atom is -0.324 e. The molecule has 1 heteroatoms. The highest BCUT2D eigenvalue weighted by molar-refractivity contribution is 5.26. The van der Waals surface area contributed by atoms with Gasteiger partial charge >= 0.3 is 0 Å². The average molecular weight is 149 g/mol. The van der Waals surface area contributed by atoms with Crippen molar-refractivity contribution in [3.8, 4) is 0 Å². The van der Waals surface area contributed by atoms with Gasteiger partial charge < -0.3 is 5.73 Å². The molecule has 0 spiro atoms. The van der Waals surface area contributed by atoms with Crippen molar-refractivity contribution >= 4 is 0 Å². The summed E-state index contributed by atoms with van der Waals surface area (Å²) < 4.78 is 0. The molecule has 0 saturated heterocycles. The summed E-state index contributed by atoms with van der Waals surface area (Å²) in [5.74, 6) is 0.781. The Labute approximate surface area is 68.0 Å². The largest absolute Gasteiger partial charge is 0.324 e. The zero-order valence-electron chi connectivity index (χ0n) is 6.79. The molecule has 2 unspecified atom stereocenters. The number of rotatable bonds is 0. The molecule has 0 bridgehead atoms. The first-order valence-electron chi connectivity index (χ1n) is 4.50. The lowest BCUT2D eigenvalue weighted by molar-refractivity contribution is 0.418. The smallest absolute Gasteiger partial charge is 0.0259 e. The monoisotopic (exact) mass is 149 g/mol. The van der Waals surface area contributed by atoms with Crippen LogP contribution in [0.15, 0.2) is 23.8 Å². The molecule has 0 aromatic rings. The summed E-state index contributed by atoms with van der Waals surface area (Å²) in [6.45, 7) is 0. The first kappa shape index (κ1) is 7.11. The average Bonchev–Trinajstić information content (AvgIpc) is 2.06. The SMILES string of the molecule is NC1CCCC2CC=CC=C12. The normalized spacial score (nSPS) is 36.3. The Bertz CT molecular complexity index is 203. The minimum absolute atomic E-state index is 0.360. The van der Waals surface area contributed by atoms with Crippen molar-refractivity contribution in [1.29, 1.82) is 0 Å². The van der Waals surface area contributed by atoms with Crippen molar-refractivity contribution in [3.63, 3.8) is 0 Å². The lowest BCUT2D eigenvalue weighted by atomic mass is 9.77. The molecule has 0 amide bonds. The van der Waals surface area contributed by atoms with Crippen LogP contribution in [0, 0.1) is 5.92 Å². The van der Waals surface area contributed by atoms with E-state index in [0.717, 1.165) is 5.92 Å². The molecule has 1 fully saturated rings. The lowest BCUT2D eigenvalue weighted by Crippen LogP contribution is -2.31. The van der Waals surface area contributed by atoms with Crippen molar-refractivity contribution < 1.29 is 0 Å². The van der Waals surface area contributed by atoms with E-state index in [1.54, 1.807) is 0 Å². The van der Waals surface area contributed by atoms with Gasteiger partial charge in [-0.3, -0.25) is 0 Å². The molecule has 2 N–H and O–H groups in total. The van der Waals surface area contributed by atoms with E-state index in [0.29, 0.717) is 6.04 Å². The second-order valence-electron chi connectivity index (χ2n) is 3.56. The maximum absolute atomic E-state index is 5.99. The second kappa shape index (κ2) is 2.82. The lowest BCUT2D eigenvalue weighted by Gasteiger charge is -2.31. The van der Waals surface area contributed by atoms with Gasteiger partial charge in [-0.15, -0.1) is 0 Å². The highest BCUT2D eigenvalue weighted by atomic mass is 14.6. The molecule has 1 nitrogen and oxygen atoms in total. The van der Waals surface area contributed by atoms with E-state index in [4.69, 9.17) is 5.73 Å². The van der Waals surface area contributed by atoms with E-state index in [9.17, 15) is 0 Å². The molecule has 1 saturated carbocycles. The molecule has 2 rings (SSSR count). The molecule has 0 aromatic carbocycles. The fraction of sp³-hybridized carbons (Fsp3) is 0.600.